The topological polar surface area (TPSA) is 81.3 Å². The minimum absolute atomic E-state index is 0.100. The van der Waals surface area contributed by atoms with Crippen LogP contribution in [0.25, 0.3) is 10.2 Å². The van der Waals surface area contributed by atoms with Gasteiger partial charge in [-0.05, 0) is 67.7 Å². The number of aromatic nitrogens is 2. The lowest BCUT2D eigenvalue weighted by molar-refractivity contribution is 0.0779. The third-order valence-corrected chi connectivity index (χ3v) is 7.32. The van der Waals surface area contributed by atoms with Crippen molar-refractivity contribution in [3.05, 3.63) is 52.7 Å². The first-order valence-corrected chi connectivity index (χ1v) is 11.4. The number of carbonyl (C=O) groups excluding carboxylic acids is 1. The molecule has 7 heteroatoms. The molecule has 1 aliphatic carbocycles. The molecule has 0 radical (unpaired) electrons. The first-order chi connectivity index (χ1) is 14.5. The molecular formula is C23H26N4O2S. The minimum Gasteiger partial charge on any atom is -0.469 e. The van der Waals surface area contributed by atoms with E-state index in [0.717, 1.165) is 47.3 Å². The summed E-state index contributed by atoms with van der Waals surface area (Å²) < 4.78 is 6.16. The number of rotatable bonds is 4. The average Bonchev–Trinajstić information content (AvgIpc) is 3.45. The van der Waals surface area contributed by atoms with Crippen LogP contribution in [0.15, 0.2) is 35.7 Å². The number of fused-ring (bicyclic) bond motifs is 2. The van der Waals surface area contributed by atoms with Crippen molar-refractivity contribution in [1.82, 2.24) is 14.9 Å². The van der Waals surface area contributed by atoms with Crippen molar-refractivity contribution in [3.8, 4) is 5.88 Å². The van der Waals surface area contributed by atoms with Crippen LogP contribution >= 0.6 is 11.3 Å². The monoisotopic (exact) mass is 422 g/mol. The molecule has 2 aromatic heterocycles. The molecule has 1 saturated heterocycles. The second-order valence-corrected chi connectivity index (χ2v) is 9.37. The Labute approximate surface area is 180 Å². The van der Waals surface area contributed by atoms with Crippen molar-refractivity contribution in [1.29, 1.82) is 0 Å². The van der Waals surface area contributed by atoms with Crippen LogP contribution in [0.1, 0.15) is 47.6 Å². The summed E-state index contributed by atoms with van der Waals surface area (Å²) in [5.74, 6) is 2.44. The van der Waals surface area contributed by atoms with E-state index in [1.165, 1.54) is 0 Å². The summed E-state index contributed by atoms with van der Waals surface area (Å²) in [5.41, 5.74) is 7.94. The lowest BCUT2D eigenvalue weighted by Crippen LogP contribution is -2.33. The number of nitrogens with zero attached hydrogens (tertiary/aromatic N) is 3. The number of amides is 1. The van der Waals surface area contributed by atoms with Gasteiger partial charge in [0.25, 0.3) is 5.91 Å². The predicted molar refractivity (Wildman–Crippen MR) is 118 cm³/mol. The molecule has 1 amide bonds. The predicted octanol–water partition coefficient (Wildman–Crippen LogP) is 3.95. The van der Waals surface area contributed by atoms with Crippen LogP contribution in [-0.2, 0) is 0 Å². The Kier molecular flexibility index (Phi) is 4.95. The summed E-state index contributed by atoms with van der Waals surface area (Å²) in [4.78, 5) is 24.8. The van der Waals surface area contributed by atoms with E-state index in [-0.39, 0.29) is 18.1 Å². The van der Waals surface area contributed by atoms with Crippen LogP contribution in [0, 0.1) is 18.8 Å². The van der Waals surface area contributed by atoms with E-state index >= 15 is 0 Å². The van der Waals surface area contributed by atoms with Gasteiger partial charge in [0.1, 0.15) is 16.8 Å². The van der Waals surface area contributed by atoms with Gasteiger partial charge in [0.15, 0.2) is 0 Å². The van der Waals surface area contributed by atoms with Crippen LogP contribution in [0.2, 0.25) is 0 Å². The number of nitrogens with two attached hydrogens (primary N) is 1. The number of hydrogen-bond donors (Lipinski definition) is 1. The third kappa shape index (κ3) is 3.46. The molecule has 1 saturated carbocycles. The molecule has 156 valence electrons. The number of carbonyl (C=O) groups is 1. The normalized spacial score (nSPS) is 24.2. The van der Waals surface area contributed by atoms with Gasteiger partial charge in [0.2, 0.25) is 5.88 Å². The number of hydrogen-bond acceptors (Lipinski definition) is 6. The van der Waals surface area contributed by atoms with Crippen molar-refractivity contribution in [2.24, 2.45) is 17.6 Å². The van der Waals surface area contributed by atoms with Crippen LogP contribution in [0.4, 0.5) is 0 Å². The van der Waals surface area contributed by atoms with Gasteiger partial charge < -0.3 is 15.4 Å². The zero-order valence-electron chi connectivity index (χ0n) is 17.2. The molecule has 4 atom stereocenters. The number of thiophene rings is 1. The highest BCUT2D eigenvalue weighted by Gasteiger charge is 2.42. The molecule has 2 N–H and O–H groups in total. The molecule has 1 aromatic carbocycles. The SMILES string of the molecule is Cc1nc(OC(C)c2ccc(C(=O)N3CC4CCC(N)C4C3)cc2)c2ccsc2n1. The molecule has 2 aliphatic rings. The van der Waals surface area contributed by atoms with Crippen LogP contribution in [-0.4, -0.2) is 39.9 Å². The Hall–Kier alpha value is -2.51. The minimum atomic E-state index is -0.185. The summed E-state index contributed by atoms with van der Waals surface area (Å²) in [6.07, 6.45) is 2.05. The van der Waals surface area contributed by atoms with Gasteiger partial charge in [-0.2, -0.15) is 4.98 Å². The molecule has 0 spiro atoms. The maximum Gasteiger partial charge on any atom is 0.253 e. The quantitative estimate of drug-likeness (QED) is 0.688. The maximum absolute atomic E-state index is 12.9. The molecule has 3 aromatic rings. The lowest BCUT2D eigenvalue weighted by Gasteiger charge is -2.19. The van der Waals surface area contributed by atoms with Gasteiger partial charge in [-0.25, -0.2) is 4.98 Å². The molecule has 0 bridgehead atoms. The van der Waals surface area contributed by atoms with Gasteiger partial charge in [-0.1, -0.05) is 12.1 Å². The summed E-state index contributed by atoms with van der Waals surface area (Å²) in [5, 5.41) is 2.93. The van der Waals surface area contributed by atoms with E-state index in [4.69, 9.17) is 10.5 Å². The highest BCUT2D eigenvalue weighted by atomic mass is 32.1. The van der Waals surface area contributed by atoms with Crippen molar-refractivity contribution < 1.29 is 9.53 Å². The summed E-state index contributed by atoms with van der Waals surface area (Å²) >= 11 is 1.58. The standard InChI is InChI=1S/C23H26N4O2S/c1-13(29-21-18-9-10-30-22(18)26-14(2)25-21)15-3-5-16(6-4-15)23(28)27-11-17-7-8-20(24)19(17)12-27/h3-6,9-10,13,17,19-20H,7-8,11-12,24H2,1-2H3. The molecule has 2 fully saturated rings. The van der Waals surface area contributed by atoms with Gasteiger partial charge >= 0.3 is 0 Å². The number of likely N-dealkylation sites (tertiary alicyclic amines) is 1. The van der Waals surface area contributed by atoms with E-state index in [9.17, 15) is 4.79 Å². The van der Waals surface area contributed by atoms with E-state index < -0.39 is 0 Å². The van der Waals surface area contributed by atoms with E-state index in [0.29, 0.717) is 23.5 Å². The number of ether oxygens (including phenoxy) is 1. The molecule has 6 nitrogen and oxygen atoms in total. The zero-order valence-corrected chi connectivity index (χ0v) is 18.1. The van der Waals surface area contributed by atoms with Gasteiger partial charge in [-0.3, -0.25) is 4.79 Å². The fourth-order valence-electron chi connectivity index (χ4n) is 4.81. The summed E-state index contributed by atoms with van der Waals surface area (Å²) in [6.45, 7) is 5.49. The lowest BCUT2D eigenvalue weighted by atomic mass is 9.98. The smallest absolute Gasteiger partial charge is 0.253 e. The third-order valence-electron chi connectivity index (χ3n) is 6.52. The van der Waals surface area contributed by atoms with Gasteiger partial charge in [-0.15, -0.1) is 11.3 Å². The molecular weight excluding hydrogens is 396 g/mol. The van der Waals surface area contributed by atoms with Crippen LogP contribution in [0.5, 0.6) is 5.88 Å². The second-order valence-electron chi connectivity index (χ2n) is 8.47. The number of benzene rings is 1. The van der Waals surface area contributed by atoms with E-state index in [1.807, 2.05) is 54.5 Å². The highest BCUT2D eigenvalue weighted by Crippen LogP contribution is 2.37. The largest absolute Gasteiger partial charge is 0.469 e. The van der Waals surface area contributed by atoms with Crippen LogP contribution < -0.4 is 10.5 Å². The Balaban J connectivity index is 1.29. The van der Waals surface area contributed by atoms with Crippen molar-refractivity contribution >= 4 is 27.5 Å². The number of aryl methyl sites for hydroxylation is 1. The Morgan fingerprint density at radius 2 is 2.00 bits per heavy atom. The molecule has 30 heavy (non-hydrogen) atoms. The molecule has 1 aliphatic heterocycles. The first kappa shape index (κ1) is 19.5. The molecule has 4 unspecified atom stereocenters. The van der Waals surface area contributed by atoms with Crippen molar-refractivity contribution in [2.75, 3.05) is 13.1 Å². The van der Waals surface area contributed by atoms with Gasteiger partial charge in [0, 0.05) is 24.7 Å². The first-order valence-electron chi connectivity index (χ1n) is 10.5. The van der Waals surface area contributed by atoms with E-state index in [2.05, 4.69) is 9.97 Å². The fourth-order valence-corrected chi connectivity index (χ4v) is 5.61. The van der Waals surface area contributed by atoms with Crippen LogP contribution in [0.3, 0.4) is 0 Å². The average molecular weight is 423 g/mol. The Morgan fingerprint density at radius 3 is 2.77 bits per heavy atom. The fraction of sp³-hybridized carbons (Fsp3) is 0.435. The highest BCUT2D eigenvalue weighted by molar-refractivity contribution is 7.16. The van der Waals surface area contributed by atoms with Crippen molar-refractivity contribution in [2.45, 2.75) is 38.8 Å². The maximum atomic E-state index is 12.9. The summed E-state index contributed by atoms with van der Waals surface area (Å²) in [6, 6.07) is 9.97. The molecule has 3 heterocycles. The Morgan fingerprint density at radius 1 is 1.20 bits per heavy atom. The zero-order chi connectivity index (χ0) is 20.8. The van der Waals surface area contributed by atoms with E-state index in [1.54, 1.807) is 11.3 Å². The van der Waals surface area contributed by atoms with Crippen molar-refractivity contribution in [3.63, 3.8) is 0 Å². The Bertz CT molecular complexity index is 1080. The molecule has 5 rings (SSSR count). The second kappa shape index (κ2) is 7.63. The summed E-state index contributed by atoms with van der Waals surface area (Å²) in [7, 11) is 0. The van der Waals surface area contributed by atoms with Gasteiger partial charge in [0.05, 0.1) is 5.39 Å².